The SMILES string of the molecule is [N-]=[N+]=C1CC(=O)c2ccccc2C1=O. The van der Waals surface area contributed by atoms with Gasteiger partial charge in [0.2, 0.25) is 0 Å². The summed E-state index contributed by atoms with van der Waals surface area (Å²) in [5, 5.41) is 0. The molecule has 0 saturated heterocycles. The highest BCUT2D eigenvalue weighted by atomic mass is 16.1. The normalized spacial score (nSPS) is 15.0. The maximum atomic E-state index is 11.6. The number of carbonyl (C=O) groups is 2. The van der Waals surface area contributed by atoms with Crippen LogP contribution in [0.2, 0.25) is 0 Å². The Balaban J connectivity index is 2.69. The molecule has 0 spiro atoms. The second-order valence-electron chi connectivity index (χ2n) is 3.02. The van der Waals surface area contributed by atoms with Crippen LogP contribution in [-0.4, -0.2) is 22.1 Å². The molecule has 0 bridgehead atoms. The number of ketones is 2. The van der Waals surface area contributed by atoms with Gasteiger partial charge in [0.15, 0.2) is 5.78 Å². The first-order chi connectivity index (χ1) is 6.74. The maximum absolute atomic E-state index is 11.6. The third-order valence-electron chi connectivity index (χ3n) is 2.18. The van der Waals surface area contributed by atoms with E-state index in [0.29, 0.717) is 11.1 Å². The van der Waals surface area contributed by atoms with Crippen LogP contribution < -0.4 is 0 Å². The molecule has 0 amide bonds. The van der Waals surface area contributed by atoms with Gasteiger partial charge in [-0.2, -0.15) is 4.79 Å². The summed E-state index contributed by atoms with van der Waals surface area (Å²) in [5.41, 5.74) is 9.15. The van der Waals surface area contributed by atoms with E-state index in [1.54, 1.807) is 24.3 Å². The van der Waals surface area contributed by atoms with Crippen molar-refractivity contribution >= 4 is 17.3 Å². The van der Waals surface area contributed by atoms with Crippen molar-refractivity contribution < 1.29 is 14.4 Å². The van der Waals surface area contributed by atoms with Gasteiger partial charge >= 0.3 is 5.71 Å². The van der Waals surface area contributed by atoms with E-state index >= 15 is 0 Å². The topological polar surface area (TPSA) is 70.5 Å². The van der Waals surface area contributed by atoms with Gasteiger partial charge in [0, 0.05) is 11.1 Å². The third kappa shape index (κ3) is 1.09. The molecule has 0 aromatic heterocycles. The Morgan fingerprint density at radius 3 is 2.43 bits per heavy atom. The lowest BCUT2D eigenvalue weighted by Gasteiger charge is -2.08. The zero-order valence-electron chi connectivity index (χ0n) is 7.23. The molecule has 2 rings (SSSR count). The van der Waals surface area contributed by atoms with Crippen LogP contribution in [-0.2, 0) is 0 Å². The lowest BCUT2D eigenvalue weighted by Crippen LogP contribution is -2.27. The van der Waals surface area contributed by atoms with Crippen molar-refractivity contribution in [3.8, 4) is 0 Å². The Kier molecular flexibility index (Phi) is 1.84. The Morgan fingerprint density at radius 2 is 1.79 bits per heavy atom. The monoisotopic (exact) mass is 186 g/mol. The van der Waals surface area contributed by atoms with Crippen molar-refractivity contribution in [2.24, 2.45) is 0 Å². The minimum Gasteiger partial charge on any atom is -0.361 e. The fraction of sp³-hybridized carbons (Fsp3) is 0.100. The Bertz CT molecular complexity index is 485. The van der Waals surface area contributed by atoms with E-state index in [-0.39, 0.29) is 23.7 Å². The summed E-state index contributed by atoms with van der Waals surface area (Å²) >= 11 is 0. The fourth-order valence-electron chi connectivity index (χ4n) is 1.49. The van der Waals surface area contributed by atoms with Gasteiger partial charge in [0.25, 0.3) is 5.78 Å². The first kappa shape index (κ1) is 8.53. The number of carbonyl (C=O) groups excluding carboxylic acids is 2. The van der Waals surface area contributed by atoms with E-state index in [4.69, 9.17) is 5.53 Å². The number of hydrogen-bond acceptors (Lipinski definition) is 2. The van der Waals surface area contributed by atoms with Gasteiger partial charge in [0.1, 0.15) is 6.42 Å². The van der Waals surface area contributed by atoms with E-state index in [0.717, 1.165) is 0 Å². The van der Waals surface area contributed by atoms with Gasteiger partial charge in [-0.1, -0.05) is 24.3 Å². The van der Waals surface area contributed by atoms with E-state index in [9.17, 15) is 9.59 Å². The van der Waals surface area contributed by atoms with Gasteiger partial charge < -0.3 is 5.53 Å². The molecule has 68 valence electrons. The second kappa shape index (κ2) is 3.01. The van der Waals surface area contributed by atoms with Crippen molar-refractivity contribution in [3.63, 3.8) is 0 Å². The predicted octanol–water partition coefficient (Wildman–Crippen LogP) is 1.13. The summed E-state index contributed by atoms with van der Waals surface area (Å²) in [4.78, 5) is 25.8. The van der Waals surface area contributed by atoms with Gasteiger partial charge in [-0.3, -0.25) is 9.59 Å². The molecule has 4 heteroatoms. The van der Waals surface area contributed by atoms with E-state index in [1.165, 1.54) is 0 Å². The molecule has 0 unspecified atom stereocenters. The number of benzene rings is 1. The molecule has 0 heterocycles. The standard InChI is InChI=1S/C10H6N2O2/c11-12-8-5-9(13)6-3-1-2-4-7(6)10(8)14/h1-4H,5H2. The Labute approximate surface area is 79.8 Å². The van der Waals surface area contributed by atoms with Crippen LogP contribution >= 0.6 is 0 Å². The second-order valence-corrected chi connectivity index (χ2v) is 3.02. The van der Waals surface area contributed by atoms with Crippen LogP contribution in [0.4, 0.5) is 0 Å². The lowest BCUT2D eigenvalue weighted by molar-refractivity contribution is -0.00889. The Morgan fingerprint density at radius 1 is 1.14 bits per heavy atom. The molecular weight excluding hydrogens is 180 g/mol. The zero-order valence-corrected chi connectivity index (χ0v) is 7.23. The molecule has 1 aliphatic rings. The van der Waals surface area contributed by atoms with Crippen molar-refractivity contribution in [2.75, 3.05) is 0 Å². The van der Waals surface area contributed by atoms with Crippen LogP contribution in [0.1, 0.15) is 27.1 Å². The summed E-state index contributed by atoms with van der Waals surface area (Å²) in [6.07, 6.45) is -0.119. The molecule has 0 N–H and O–H groups in total. The first-order valence-corrected chi connectivity index (χ1v) is 4.12. The van der Waals surface area contributed by atoms with Crippen LogP contribution in [0.15, 0.2) is 24.3 Å². The predicted molar refractivity (Wildman–Crippen MR) is 48.3 cm³/mol. The average molecular weight is 186 g/mol. The van der Waals surface area contributed by atoms with Crippen LogP contribution in [0.5, 0.6) is 0 Å². The summed E-state index contributed by atoms with van der Waals surface area (Å²) in [6.45, 7) is 0. The minimum atomic E-state index is -0.372. The van der Waals surface area contributed by atoms with Gasteiger partial charge in [-0.15, -0.1) is 0 Å². The average Bonchev–Trinajstić information content (AvgIpc) is 2.23. The summed E-state index contributed by atoms with van der Waals surface area (Å²) in [6, 6.07) is 6.53. The molecule has 0 fully saturated rings. The van der Waals surface area contributed by atoms with Crippen molar-refractivity contribution in [1.82, 2.24) is 0 Å². The molecule has 1 aliphatic carbocycles. The maximum Gasteiger partial charge on any atom is 0.347 e. The quantitative estimate of drug-likeness (QED) is 0.450. The molecule has 14 heavy (non-hydrogen) atoms. The number of nitrogens with zero attached hydrogens (tertiary/aromatic N) is 2. The van der Waals surface area contributed by atoms with E-state index < -0.39 is 0 Å². The molecule has 0 aliphatic heterocycles. The third-order valence-corrected chi connectivity index (χ3v) is 2.18. The minimum absolute atomic E-state index is 0.0892. The molecule has 4 nitrogen and oxygen atoms in total. The molecule has 1 aromatic rings. The smallest absolute Gasteiger partial charge is 0.347 e. The van der Waals surface area contributed by atoms with Crippen LogP contribution in [0.3, 0.4) is 0 Å². The molecule has 0 atom stereocenters. The largest absolute Gasteiger partial charge is 0.361 e. The summed E-state index contributed by atoms with van der Waals surface area (Å²) in [5.74, 6) is -0.560. The number of rotatable bonds is 0. The zero-order chi connectivity index (χ0) is 10.1. The van der Waals surface area contributed by atoms with Gasteiger partial charge in [-0.05, 0) is 0 Å². The first-order valence-electron chi connectivity index (χ1n) is 4.12. The van der Waals surface area contributed by atoms with E-state index in [2.05, 4.69) is 4.79 Å². The van der Waals surface area contributed by atoms with Crippen LogP contribution in [0.25, 0.3) is 5.53 Å². The van der Waals surface area contributed by atoms with Crippen molar-refractivity contribution in [1.29, 1.82) is 0 Å². The number of hydrogen-bond donors (Lipinski definition) is 0. The highest BCUT2D eigenvalue weighted by molar-refractivity contribution is 6.50. The highest BCUT2D eigenvalue weighted by Crippen LogP contribution is 2.18. The van der Waals surface area contributed by atoms with Crippen molar-refractivity contribution in [2.45, 2.75) is 6.42 Å². The summed E-state index contributed by atoms with van der Waals surface area (Å²) in [7, 11) is 0. The highest BCUT2D eigenvalue weighted by Gasteiger charge is 2.34. The summed E-state index contributed by atoms with van der Waals surface area (Å²) < 4.78 is 0. The molecular formula is C10H6N2O2. The number of Topliss-reactive ketones (excluding diaryl/α,β-unsaturated/α-hetero) is 2. The van der Waals surface area contributed by atoms with Crippen LogP contribution in [0, 0.1) is 0 Å². The van der Waals surface area contributed by atoms with Gasteiger partial charge in [0.05, 0.1) is 0 Å². The molecule has 0 saturated carbocycles. The number of fused-ring (bicyclic) bond motifs is 1. The lowest BCUT2D eigenvalue weighted by atomic mass is 9.88. The van der Waals surface area contributed by atoms with Crippen molar-refractivity contribution in [3.05, 3.63) is 40.9 Å². The Hall–Kier alpha value is -2.06. The fourth-order valence-corrected chi connectivity index (χ4v) is 1.49. The van der Waals surface area contributed by atoms with E-state index in [1.807, 2.05) is 0 Å². The van der Waals surface area contributed by atoms with Gasteiger partial charge in [-0.25, -0.2) is 0 Å². The molecule has 1 aromatic carbocycles. The molecule has 0 radical (unpaired) electrons.